The zero-order valence-corrected chi connectivity index (χ0v) is 16.4. The quantitative estimate of drug-likeness (QED) is 0.798. The lowest BCUT2D eigenvalue weighted by atomic mass is 9.60. The number of rotatable bonds is 5. The summed E-state index contributed by atoms with van der Waals surface area (Å²) >= 11 is 0. The molecular weight excluding hydrogens is 370 g/mol. The fourth-order valence-electron chi connectivity index (χ4n) is 4.20. The highest BCUT2D eigenvalue weighted by atomic mass is 32.2. The van der Waals surface area contributed by atoms with Crippen LogP contribution in [0.15, 0.2) is 18.5 Å². The van der Waals surface area contributed by atoms with E-state index in [0.717, 1.165) is 42.7 Å². The molecule has 1 aliphatic heterocycles. The summed E-state index contributed by atoms with van der Waals surface area (Å²) < 4.78 is 35.0. The highest BCUT2D eigenvalue weighted by Gasteiger charge is 2.55. The minimum absolute atomic E-state index is 0.0198. The molecule has 0 amide bonds. The van der Waals surface area contributed by atoms with Gasteiger partial charge in [0.05, 0.1) is 19.7 Å². The topological polar surface area (TPSA) is 111 Å². The van der Waals surface area contributed by atoms with Crippen molar-refractivity contribution in [3.63, 3.8) is 0 Å². The van der Waals surface area contributed by atoms with E-state index in [4.69, 9.17) is 14.6 Å². The Morgan fingerprint density at radius 1 is 1.19 bits per heavy atom. The van der Waals surface area contributed by atoms with Crippen LogP contribution in [0.4, 0.5) is 5.82 Å². The highest BCUT2D eigenvalue weighted by Crippen LogP contribution is 2.52. The van der Waals surface area contributed by atoms with Crippen LogP contribution < -0.4 is 19.5 Å². The summed E-state index contributed by atoms with van der Waals surface area (Å²) in [5, 5.41) is 6.12. The van der Waals surface area contributed by atoms with E-state index in [1.807, 2.05) is 12.1 Å². The van der Waals surface area contributed by atoms with Gasteiger partial charge in [-0.2, -0.15) is 12.7 Å². The second kappa shape index (κ2) is 6.18. The van der Waals surface area contributed by atoms with E-state index < -0.39 is 10.2 Å². The summed E-state index contributed by atoms with van der Waals surface area (Å²) in [4.78, 5) is 11.0. The van der Waals surface area contributed by atoms with E-state index in [-0.39, 0.29) is 11.5 Å². The van der Waals surface area contributed by atoms with Crippen molar-refractivity contribution < 1.29 is 17.9 Å². The molecule has 1 spiro atoms. The van der Waals surface area contributed by atoms with E-state index in [0.29, 0.717) is 11.5 Å². The number of hydrogen-bond donors (Lipinski definition) is 1. The molecule has 27 heavy (non-hydrogen) atoms. The number of hydrogen-bond acceptors (Lipinski definition) is 7. The minimum Gasteiger partial charge on any atom is -0.493 e. The zero-order valence-electron chi connectivity index (χ0n) is 15.5. The molecule has 2 aliphatic rings. The number of benzene rings is 1. The van der Waals surface area contributed by atoms with Crippen LogP contribution in [0.2, 0.25) is 0 Å². The molecule has 4 rings (SSSR count). The lowest BCUT2D eigenvalue weighted by molar-refractivity contribution is 0.0207. The van der Waals surface area contributed by atoms with Crippen LogP contribution in [-0.2, 0) is 10.2 Å². The lowest BCUT2D eigenvalue weighted by Crippen LogP contribution is -2.67. The van der Waals surface area contributed by atoms with Gasteiger partial charge in [0.2, 0.25) is 0 Å². The maximum Gasteiger partial charge on any atom is 0.276 e. The Kier molecular flexibility index (Phi) is 4.17. The number of nitrogens with two attached hydrogens (primary N) is 1. The summed E-state index contributed by atoms with van der Waals surface area (Å²) in [7, 11) is 1.10. The molecule has 0 radical (unpaired) electrons. The molecule has 2 heterocycles. The molecule has 0 bridgehead atoms. The summed E-state index contributed by atoms with van der Waals surface area (Å²) in [6.07, 6.45) is 3.18. The summed E-state index contributed by atoms with van der Waals surface area (Å²) in [6.45, 7) is 1.67. The maximum absolute atomic E-state index is 11.5. The average Bonchev–Trinajstić information content (AvgIpc) is 2.57. The number of nitrogens with zero attached hydrogens (tertiary/aromatic N) is 4. The average molecular weight is 393 g/mol. The number of ether oxygens (including phenoxy) is 2. The molecule has 10 heteroatoms. The van der Waals surface area contributed by atoms with Gasteiger partial charge in [0.25, 0.3) is 10.2 Å². The van der Waals surface area contributed by atoms with Crippen LogP contribution in [0.3, 0.4) is 0 Å². The number of anilines is 1. The van der Waals surface area contributed by atoms with Crippen molar-refractivity contribution in [1.29, 1.82) is 0 Å². The van der Waals surface area contributed by atoms with E-state index in [2.05, 4.69) is 14.9 Å². The van der Waals surface area contributed by atoms with Gasteiger partial charge in [0.1, 0.15) is 12.1 Å². The molecule has 1 saturated carbocycles. The van der Waals surface area contributed by atoms with Crippen molar-refractivity contribution in [2.24, 2.45) is 10.6 Å². The number of methoxy groups -OCH3 is 2. The first kappa shape index (κ1) is 18.2. The van der Waals surface area contributed by atoms with E-state index >= 15 is 0 Å². The molecule has 2 aromatic rings. The fourth-order valence-corrected chi connectivity index (χ4v) is 4.76. The van der Waals surface area contributed by atoms with Gasteiger partial charge >= 0.3 is 0 Å². The zero-order chi connectivity index (χ0) is 19.4. The van der Waals surface area contributed by atoms with E-state index in [9.17, 15) is 8.42 Å². The van der Waals surface area contributed by atoms with Gasteiger partial charge in [0, 0.05) is 43.0 Å². The monoisotopic (exact) mass is 393 g/mol. The maximum atomic E-state index is 11.5. The first-order chi connectivity index (χ1) is 12.8. The predicted octanol–water partition coefficient (Wildman–Crippen LogP) is 0.751. The molecule has 1 aromatic heterocycles. The van der Waals surface area contributed by atoms with Gasteiger partial charge in [-0.1, -0.05) is 0 Å². The minimum atomic E-state index is -3.63. The Bertz CT molecular complexity index is 982. The summed E-state index contributed by atoms with van der Waals surface area (Å²) in [6, 6.07) is 3.72. The Labute approximate surface area is 158 Å². The molecule has 0 unspecified atom stereocenters. The molecule has 146 valence electrons. The van der Waals surface area contributed by atoms with Crippen LogP contribution in [0.1, 0.15) is 12.8 Å². The Balaban J connectivity index is 1.53. The molecule has 9 nitrogen and oxygen atoms in total. The van der Waals surface area contributed by atoms with Gasteiger partial charge in [-0.15, -0.1) is 0 Å². The van der Waals surface area contributed by atoms with Crippen molar-refractivity contribution >= 4 is 26.9 Å². The van der Waals surface area contributed by atoms with Crippen LogP contribution in [0.5, 0.6) is 11.5 Å². The second-order valence-corrected chi connectivity index (χ2v) is 9.01. The molecule has 1 aromatic carbocycles. The predicted molar refractivity (Wildman–Crippen MR) is 101 cm³/mol. The Morgan fingerprint density at radius 3 is 2.41 bits per heavy atom. The fraction of sp³-hybridized carbons (Fsp3) is 0.529. The smallest absolute Gasteiger partial charge is 0.276 e. The third kappa shape index (κ3) is 2.97. The first-order valence-electron chi connectivity index (χ1n) is 8.64. The van der Waals surface area contributed by atoms with Crippen LogP contribution in [0.25, 0.3) is 10.9 Å². The van der Waals surface area contributed by atoms with Gasteiger partial charge < -0.3 is 14.4 Å². The molecule has 0 atom stereocenters. The van der Waals surface area contributed by atoms with Crippen LogP contribution in [-0.4, -0.2) is 63.1 Å². The van der Waals surface area contributed by atoms with Crippen LogP contribution >= 0.6 is 0 Å². The molecule has 1 saturated heterocycles. The van der Waals surface area contributed by atoms with Crippen molar-refractivity contribution in [2.75, 3.05) is 39.3 Å². The van der Waals surface area contributed by atoms with Crippen molar-refractivity contribution in [2.45, 2.75) is 18.9 Å². The molecular formula is C17H23N5O4S. The molecule has 2 fully saturated rings. The Hall–Kier alpha value is -2.17. The normalized spacial score (nSPS) is 19.2. The van der Waals surface area contributed by atoms with Gasteiger partial charge in [-0.3, -0.25) is 0 Å². The molecule has 1 aliphatic carbocycles. The Morgan fingerprint density at radius 2 is 1.81 bits per heavy atom. The summed E-state index contributed by atoms with van der Waals surface area (Å²) in [5.74, 6) is 2.12. The third-order valence-corrected chi connectivity index (χ3v) is 6.83. The van der Waals surface area contributed by atoms with Gasteiger partial charge in [0.15, 0.2) is 11.5 Å². The van der Waals surface area contributed by atoms with E-state index in [1.165, 1.54) is 4.31 Å². The van der Waals surface area contributed by atoms with Crippen molar-refractivity contribution in [1.82, 2.24) is 14.3 Å². The SMILES string of the molecule is COc1cc2ncnc(N3CC4(CC(N(C)S(N)(=O)=O)C4)C3)c2cc1OC. The largest absolute Gasteiger partial charge is 0.493 e. The van der Waals surface area contributed by atoms with E-state index in [1.54, 1.807) is 27.6 Å². The van der Waals surface area contributed by atoms with Crippen LogP contribution in [0, 0.1) is 5.41 Å². The number of fused-ring (bicyclic) bond motifs is 1. The van der Waals surface area contributed by atoms with Crippen molar-refractivity contribution in [3.05, 3.63) is 18.5 Å². The first-order valence-corrected chi connectivity index (χ1v) is 10.1. The second-order valence-electron chi connectivity index (χ2n) is 7.40. The third-order valence-electron chi connectivity index (χ3n) is 5.72. The standard InChI is InChI=1S/C17H23N5O4S/c1-21(27(18,23)24)11-6-17(7-11)8-22(9-17)16-12-4-14(25-2)15(26-3)5-13(12)19-10-20-16/h4-5,10-11H,6-9H2,1-3H3,(H2,18,23,24). The lowest BCUT2D eigenvalue weighted by Gasteiger charge is -2.60. The summed E-state index contributed by atoms with van der Waals surface area (Å²) in [5.41, 5.74) is 0.927. The number of aromatic nitrogens is 2. The highest BCUT2D eigenvalue weighted by molar-refractivity contribution is 7.86. The molecule has 2 N–H and O–H groups in total. The van der Waals surface area contributed by atoms with Gasteiger partial charge in [-0.25, -0.2) is 15.1 Å². The van der Waals surface area contributed by atoms with Gasteiger partial charge in [-0.05, 0) is 18.9 Å². The van der Waals surface area contributed by atoms with Crippen molar-refractivity contribution in [3.8, 4) is 11.5 Å².